The van der Waals surface area contributed by atoms with Crippen LogP contribution in [0.4, 0.5) is 22.1 Å². The van der Waals surface area contributed by atoms with Crippen LogP contribution < -0.4 is 19.9 Å². The topological polar surface area (TPSA) is 128 Å². The van der Waals surface area contributed by atoms with Crippen LogP contribution >= 0.6 is 0 Å². The molecule has 1 fully saturated rings. The highest BCUT2D eigenvalue weighted by molar-refractivity contribution is 6.05. The van der Waals surface area contributed by atoms with Gasteiger partial charge in [0.05, 0.1) is 18.3 Å². The van der Waals surface area contributed by atoms with E-state index in [0.717, 1.165) is 18.7 Å². The van der Waals surface area contributed by atoms with Gasteiger partial charge in [0, 0.05) is 31.8 Å². The van der Waals surface area contributed by atoms with Crippen LogP contribution in [-0.4, -0.2) is 70.4 Å². The molecule has 0 radical (unpaired) electrons. The second-order valence-electron chi connectivity index (χ2n) is 8.00. The minimum atomic E-state index is -0.999. The van der Waals surface area contributed by atoms with Crippen molar-refractivity contribution < 1.29 is 24.5 Å². The molecule has 0 spiro atoms. The molecule has 0 aromatic carbocycles. The van der Waals surface area contributed by atoms with E-state index in [4.69, 9.17) is 9.84 Å². The van der Waals surface area contributed by atoms with Crippen molar-refractivity contribution in [1.82, 2.24) is 9.97 Å². The number of Topliss-reactive ketones (excluding diaryl/α,β-unsaturated/α-hetero) is 1. The Balaban J connectivity index is 1.55. The van der Waals surface area contributed by atoms with Crippen molar-refractivity contribution in [1.29, 1.82) is 0 Å². The molecule has 10 nitrogen and oxygen atoms in total. The number of aliphatic hydroxyl groups excluding tert-OH is 2. The number of nitrogens with zero attached hydrogens (tertiary/aromatic N) is 4. The number of nitrogens with one attached hydrogen (secondary N) is 1. The highest BCUT2D eigenvalue weighted by Crippen LogP contribution is 2.39. The third-order valence-corrected chi connectivity index (χ3v) is 5.65. The van der Waals surface area contributed by atoms with Gasteiger partial charge in [0.25, 0.3) is 0 Å². The van der Waals surface area contributed by atoms with Gasteiger partial charge in [-0.05, 0) is 31.0 Å². The number of carbonyl (C=O) groups is 2. The van der Waals surface area contributed by atoms with E-state index in [-0.39, 0.29) is 24.2 Å². The summed E-state index contributed by atoms with van der Waals surface area (Å²) < 4.78 is 5.43. The Hall–Kier alpha value is -3.50. The van der Waals surface area contributed by atoms with Gasteiger partial charge >= 0.3 is 6.03 Å². The van der Waals surface area contributed by atoms with E-state index >= 15 is 0 Å². The summed E-state index contributed by atoms with van der Waals surface area (Å²) in [6.45, 7) is 4.66. The van der Waals surface area contributed by atoms with Crippen LogP contribution in [0.3, 0.4) is 0 Å². The summed E-state index contributed by atoms with van der Waals surface area (Å²) in [7, 11) is 0. The zero-order valence-corrected chi connectivity index (χ0v) is 18.2. The van der Waals surface area contributed by atoms with Crippen molar-refractivity contribution in [3.8, 4) is 5.75 Å². The smallest absolute Gasteiger partial charge is 0.329 e. The molecule has 2 aliphatic rings. The van der Waals surface area contributed by atoms with Gasteiger partial charge in [-0.25, -0.2) is 14.8 Å². The number of rotatable bonds is 9. The van der Waals surface area contributed by atoms with Crippen LogP contribution in [0.5, 0.6) is 5.75 Å². The van der Waals surface area contributed by atoms with Gasteiger partial charge < -0.3 is 19.8 Å². The molecular weight excluding hydrogens is 426 g/mol. The van der Waals surface area contributed by atoms with E-state index < -0.39 is 18.7 Å². The molecule has 174 valence electrons. The normalized spacial score (nSPS) is 17.3. The van der Waals surface area contributed by atoms with Crippen LogP contribution in [0.15, 0.2) is 43.1 Å². The van der Waals surface area contributed by atoms with E-state index in [1.807, 2.05) is 6.07 Å². The van der Waals surface area contributed by atoms with Gasteiger partial charge in [-0.15, -0.1) is 6.58 Å². The minimum Gasteiger partial charge on any atom is -0.491 e. The first kappa shape index (κ1) is 22.7. The number of fused-ring (bicyclic) bond motifs is 4. The predicted octanol–water partition coefficient (Wildman–Crippen LogP) is 1.99. The molecule has 4 rings (SSSR count). The Kier molecular flexibility index (Phi) is 6.85. The number of urea groups is 1. The Morgan fingerprint density at radius 2 is 2.21 bits per heavy atom. The average Bonchev–Trinajstić information content (AvgIpc) is 3.25. The Morgan fingerprint density at radius 1 is 1.36 bits per heavy atom. The second-order valence-corrected chi connectivity index (χ2v) is 8.00. The highest BCUT2D eigenvalue weighted by Gasteiger charge is 2.40. The van der Waals surface area contributed by atoms with Crippen molar-refractivity contribution in [3.63, 3.8) is 0 Å². The average molecular weight is 453 g/mol. The van der Waals surface area contributed by atoms with Gasteiger partial charge in [0.15, 0.2) is 11.6 Å². The standard InChI is InChI=1S/C23H27N5O5/c1-2-3-4-20(31)18-5-6-19-22(25-18)28(15-8-10-27(19)12-15)23(32)26-21-11-17(7-9-24-21)33-14-16(30)13-29/h2,5-7,9,11,15-16,29-30H,1,3-4,8,10,12-14H2,(H,24,26,32)/t15-,16+/m0/s1. The van der Waals surface area contributed by atoms with Crippen LogP contribution in [0.25, 0.3) is 0 Å². The molecule has 2 aliphatic heterocycles. The number of ether oxygens (including phenoxy) is 1. The van der Waals surface area contributed by atoms with Crippen molar-refractivity contribution in [2.24, 2.45) is 0 Å². The Morgan fingerprint density at radius 3 is 3.00 bits per heavy atom. The lowest BCUT2D eigenvalue weighted by molar-refractivity contribution is 0.0536. The first-order chi connectivity index (χ1) is 16.0. The van der Waals surface area contributed by atoms with Crippen LogP contribution in [-0.2, 0) is 0 Å². The molecule has 2 atom stereocenters. The van der Waals surface area contributed by atoms with Gasteiger partial charge in [0.2, 0.25) is 0 Å². The van der Waals surface area contributed by atoms with E-state index in [1.54, 1.807) is 23.1 Å². The van der Waals surface area contributed by atoms with E-state index in [9.17, 15) is 14.7 Å². The maximum absolute atomic E-state index is 13.3. The summed E-state index contributed by atoms with van der Waals surface area (Å²) in [5, 5.41) is 21.2. The Labute approximate surface area is 191 Å². The lowest BCUT2D eigenvalue weighted by Crippen LogP contribution is -2.48. The number of allylic oxidation sites excluding steroid dienone is 1. The molecule has 2 bridgehead atoms. The van der Waals surface area contributed by atoms with Crippen molar-refractivity contribution in [2.75, 3.05) is 41.4 Å². The second kappa shape index (κ2) is 9.97. The summed E-state index contributed by atoms with van der Waals surface area (Å²) in [5.74, 6) is 1.04. The quantitative estimate of drug-likeness (QED) is 0.388. The minimum absolute atomic E-state index is 0.0670. The first-order valence-electron chi connectivity index (χ1n) is 10.9. The number of carbonyl (C=O) groups excluding carboxylic acids is 2. The molecule has 2 aromatic heterocycles. The van der Waals surface area contributed by atoms with Crippen molar-refractivity contribution in [3.05, 3.63) is 48.8 Å². The number of aliphatic hydroxyl groups is 2. The molecule has 0 unspecified atom stereocenters. The fraction of sp³-hybridized carbons (Fsp3) is 0.391. The molecule has 2 aromatic rings. The predicted molar refractivity (Wildman–Crippen MR) is 123 cm³/mol. The molecule has 2 amide bonds. The SMILES string of the molecule is C=CCCC(=O)c1ccc2c(n1)N(C(=O)Nc1cc(OC[C@H](O)CO)ccn1)[C@H]1CCN2C1. The fourth-order valence-corrected chi connectivity index (χ4v) is 3.97. The number of ketones is 1. The molecule has 33 heavy (non-hydrogen) atoms. The lowest BCUT2D eigenvalue weighted by atomic mass is 10.1. The fourth-order valence-electron chi connectivity index (χ4n) is 3.97. The molecule has 0 aliphatic carbocycles. The number of amides is 2. The van der Waals surface area contributed by atoms with Crippen LogP contribution in [0.2, 0.25) is 0 Å². The zero-order valence-electron chi connectivity index (χ0n) is 18.2. The summed E-state index contributed by atoms with van der Waals surface area (Å²) in [6, 6.07) is 6.23. The van der Waals surface area contributed by atoms with E-state index in [1.165, 1.54) is 12.3 Å². The van der Waals surface area contributed by atoms with E-state index in [2.05, 4.69) is 26.8 Å². The summed E-state index contributed by atoms with van der Waals surface area (Å²) in [6.07, 6.45) is 3.84. The first-order valence-corrected chi connectivity index (χ1v) is 10.9. The number of anilines is 3. The van der Waals surface area contributed by atoms with Gasteiger partial charge in [-0.1, -0.05) is 6.08 Å². The summed E-state index contributed by atoms with van der Waals surface area (Å²) in [5.41, 5.74) is 1.15. The maximum atomic E-state index is 13.3. The van der Waals surface area contributed by atoms with E-state index in [0.29, 0.717) is 36.6 Å². The molecular formula is C23H27N5O5. The summed E-state index contributed by atoms with van der Waals surface area (Å²) in [4.78, 5) is 38.3. The molecule has 10 heteroatoms. The molecule has 3 N–H and O–H groups in total. The Bertz CT molecular complexity index is 1050. The summed E-state index contributed by atoms with van der Waals surface area (Å²) >= 11 is 0. The number of hydrogen-bond donors (Lipinski definition) is 3. The largest absolute Gasteiger partial charge is 0.491 e. The molecule has 1 saturated heterocycles. The molecule has 0 saturated carbocycles. The number of pyridine rings is 2. The third kappa shape index (κ3) is 4.96. The monoisotopic (exact) mass is 453 g/mol. The van der Waals surface area contributed by atoms with Gasteiger partial charge in [0.1, 0.15) is 30.0 Å². The zero-order chi connectivity index (χ0) is 23.4. The lowest BCUT2D eigenvalue weighted by Gasteiger charge is -2.35. The van der Waals surface area contributed by atoms with Crippen molar-refractivity contribution in [2.45, 2.75) is 31.4 Å². The van der Waals surface area contributed by atoms with Crippen LogP contribution in [0.1, 0.15) is 29.8 Å². The van der Waals surface area contributed by atoms with Gasteiger partial charge in [-0.3, -0.25) is 15.0 Å². The van der Waals surface area contributed by atoms with Crippen molar-refractivity contribution >= 4 is 29.1 Å². The maximum Gasteiger partial charge on any atom is 0.329 e. The number of hydrogen-bond acceptors (Lipinski definition) is 8. The van der Waals surface area contributed by atoms with Crippen LogP contribution in [0, 0.1) is 0 Å². The highest BCUT2D eigenvalue weighted by atomic mass is 16.5. The number of aromatic nitrogens is 2. The third-order valence-electron chi connectivity index (χ3n) is 5.65. The molecule has 4 heterocycles. The van der Waals surface area contributed by atoms with Gasteiger partial charge in [-0.2, -0.15) is 0 Å².